The molecular formula is C26H24ClNO6. The van der Waals surface area contributed by atoms with Crippen molar-refractivity contribution in [1.29, 1.82) is 0 Å². The number of ketones is 1. The number of carbonyl (C=O) groups excluding carboxylic acids is 3. The summed E-state index contributed by atoms with van der Waals surface area (Å²) in [6.45, 7) is 0. The summed E-state index contributed by atoms with van der Waals surface area (Å²) in [6.07, 6.45) is 1.45. The van der Waals surface area contributed by atoms with E-state index in [1.54, 1.807) is 43.5 Å². The van der Waals surface area contributed by atoms with Crippen molar-refractivity contribution in [2.45, 2.75) is 25.3 Å². The van der Waals surface area contributed by atoms with Crippen LogP contribution in [0, 0.1) is 0 Å². The molecule has 2 aromatic carbocycles. The van der Waals surface area contributed by atoms with Crippen molar-refractivity contribution in [3.05, 3.63) is 81.5 Å². The van der Waals surface area contributed by atoms with Crippen molar-refractivity contribution >= 4 is 35.0 Å². The van der Waals surface area contributed by atoms with E-state index in [4.69, 9.17) is 25.8 Å². The Bertz CT molecular complexity index is 1200. The van der Waals surface area contributed by atoms with E-state index in [1.807, 2.05) is 17.0 Å². The first-order chi connectivity index (χ1) is 16.4. The molecule has 2 aromatic rings. The maximum atomic E-state index is 13.2. The first kappa shape index (κ1) is 23.6. The highest BCUT2D eigenvalue weighted by molar-refractivity contribution is 6.30. The number of hydrogen-bond donors (Lipinski definition) is 0. The molecule has 34 heavy (non-hydrogen) atoms. The van der Waals surface area contributed by atoms with Gasteiger partial charge in [0.05, 0.1) is 44.1 Å². The molecule has 8 heteroatoms. The molecule has 7 nitrogen and oxygen atoms in total. The third-order valence-corrected chi connectivity index (χ3v) is 6.31. The molecule has 1 atom stereocenters. The van der Waals surface area contributed by atoms with Crippen molar-refractivity contribution in [3.63, 3.8) is 0 Å². The molecule has 2 aliphatic rings. The normalized spacial score (nSPS) is 17.9. The summed E-state index contributed by atoms with van der Waals surface area (Å²) in [5.41, 5.74) is 2.30. The van der Waals surface area contributed by atoms with Crippen LogP contribution in [-0.2, 0) is 23.9 Å². The van der Waals surface area contributed by atoms with E-state index in [9.17, 15) is 14.4 Å². The minimum absolute atomic E-state index is 0.0428. The van der Waals surface area contributed by atoms with Crippen LogP contribution in [0.1, 0.15) is 30.9 Å². The lowest BCUT2D eigenvalue weighted by atomic mass is 9.78. The standard InChI is InChI=1S/C26H24ClNO6/c1-32-18-13-11-17(12-14-18)28-19-5-4-6-20(29)21(19)22(25(30)33-2)23(26(31)34-3)24(28)15-7-9-16(27)10-8-15/h7-14,24H,4-6H2,1-3H3. The van der Waals surface area contributed by atoms with E-state index in [-0.39, 0.29) is 28.9 Å². The second-order valence-electron chi connectivity index (χ2n) is 7.89. The summed E-state index contributed by atoms with van der Waals surface area (Å²) >= 11 is 6.14. The molecule has 0 N–H and O–H groups in total. The Morgan fingerprint density at radius 3 is 2.15 bits per heavy atom. The smallest absolute Gasteiger partial charge is 0.339 e. The fourth-order valence-corrected chi connectivity index (χ4v) is 4.68. The number of benzene rings is 2. The van der Waals surface area contributed by atoms with E-state index < -0.39 is 18.0 Å². The number of allylic oxidation sites excluding steroid dienone is 1. The Hall–Kier alpha value is -3.58. The second-order valence-corrected chi connectivity index (χ2v) is 8.33. The molecule has 1 unspecified atom stereocenters. The number of Topliss-reactive ketones (excluding diaryl/α,β-unsaturated/α-hetero) is 1. The topological polar surface area (TPSA) is 82.1 Å². The SMILES string of the molecule is COC(=O)C1=C(C(=O)OC)C(c2ccc(Cl)cc2)N(c2ccc(OC)cc2)C2=C1C(=O)CCC2. The van der Waals surface area contributed by atoms with Gasteiger partial charge < -0.3 is 19.1 Å². The molecular weight excluding hydrogens is 458 g/mol. The molecule has 0 bridgehead atoms. The van der Waals surface area contributed by atoms with E-state index in [2.05, 4.69) is 0 Å². The summed E-state index contributed by atoms with van der Waals surface area (Å²) < 4.78 is 15.5. The van der Waals surface area contributed by atoms with Gasteiger partial charge in [-0.3, -0.25) is 4.79 Å². The largest absolute Gasteiger partial charge is 0.497 e. The van der Waals surface area contributed by atoms with Crippen molar-refractivity contribution in [3.8, 4) is 5.75 Å². The highest BCUT2D eigenvalue weighted by Crippen LogP contribution is 2.48. The first-order valence-electron chi connectivity index (χ1n) is 10.8. The summed E-state index contributed by atoms with van der Waals surface area (Å²) in [5, 5.41) is 0.528. The number of nitrogens with zero attached hydrogens (tertiary/aromatic N) is 1. The van der Waals surface area contributed by atoms with Gasteiger partial charge in [0.2, 0.25) is 0 Å². The zero-order valence-corrected chi connectivity index (χ0v) is 19.8. The van der Waals surface area contributed by atoms with Gasteiger partial charge in [-0.1, -0.05) is 23.7 Å². The summed E-state index contributed by atoms with van der Waals surface area (Å²) in [4.78, 5) is 41.3. The molecule has 1 heterocycles. The zero-order valence-electron chi connectivity index (χ0n) is 19.1. The van der Waals surface area contributed by atoms with Gasteiger partial charge in [0.1, 0.15) is 5.75 Å². The summed E-state index contributed by atoms with van der Waals surface area (Å²) in [5.74, 6) is -1.02. The van der Waals surface area contributed by atoms with Crippen LogP contribution in [-0.4, -0.2) is 39.1 Å². The van der Waals surface area contributed by atoms with Gasteiger partial charge >= 0.3 is 11.9 Å². The van der Waals surface area contributed by atoms with E-state index in [0.29, 0.717) is 34.9 Å². The number of anilines is 1. The number of esters is 2. The highest BCUT2D eigenvalue weighted by atomic mass is 35.5. The van der Waals surface area contributed by atoms with Gasteiger partial charge in [-0.15, -0.1) is 0 Å². The molecule has 0 aromatic heterocycles. The summed E-state index contributed by atoms with van der Waals surface area (Å²) in [6, 6.07) is 13.6. The Balaban J connectivity index is 2.07. The minimum Gasteiger partial charge on any atom is -0.497 e. The maximum absolute atomic E-state index is 13.2. The lowest BCUT2D eigenvalue weighted by Crippen LogP contribution is -2.41. The van der Waals surface area contributed by atoms with Gasteiger partial charge in [0.25, 0.3) is 0 Å². The van der Waals surface area contributed by atoms with Crippen LogP contribution in [0.2, 0.25) is 5.02 Å². The zero-order chi connectivity index (χ0) is 24.4. The number of halogens is 1. The van der Waals surface area contributed by atoms with Crippen LogP contribution >= 0.6 is 11.6 Å². The average molecular weight is 482 g/mol. The lowest BCUT2D eigenvalue weighted by Gasteiger charge is -2.43. The average Bonchev–Trinajstić information content (AvgIpc) is 2.87. The molecule has 0 saturated heterocycles. The van der Waals surface area contributed by atoms with Crippen LogP contribution in [0.25, 0.3) is 0 Å². The van der Waals surface area contributed by atoms with Crippen LogP contribution in [0.5, 0.6) is 5.75 Å². The van der Waals surface area contributed by atoms with Gasteiger partial charge in [-0.05, 0) is 54.8 Å². The van der Waals surface area contributed by atoms with Gasteiger partial charge in [0.15, 0.2) is 5.78 Å². The molecule has 1 aliphatic carbocycles. The quantitative estimate of drug-likeness (QED) is 0.579. The lowest BCUT2D eigenvalue weighted by molar-refractivity contribution is -0.139. The van der Waals surface area contributed by atoms with E-state index >= 15 is 0 Å². The monoisotopic (exact) mass is 481 g/mol. The molecule has 0 spiro atoms. The van der Waals surface area contributed by atoms with Gasteiger partial charge in [-0.25, -0.2) is 9.59 Å². The number of carbonyl (C=O) groups is 3. The van der Waals surface area contributed by atoms with E-state index in [0.717, 1.165) is 5.69 Å². The van der Waals surface area contributed by atoms with Crippen molar-refractivity contribution in [1.82, 2.24) is 0 Å². The molecule has 0 fully saturated rings. The Kier molecular flexibility index (Phi) is 6.75. The Morgan fingerprint density at radius 2 is 1.56 bits per heavy atom. The van der Waals surface area contributed by atoms with Crippen molar-refractivity contribution in [2.24, 2.45) is 0 Å². The van der Waals surface area contributed by atoms with E-state index in [1.165, 1.54) is 14.2 Å². The molecule has 4 rings (SSSR count). The molecule has 0 radical (unpaired) electrons. The molecule has 0 saturated carbocycles. The van der Waals surface area contributed by atoms with Crippen molar-refractivity contribution in [2.75, 3.05) is 26.2 Å². The van der Waals surface area contributed by atoms with Gasteiger partial charge in [0, 0.05) is 22.8 Å². The second kappa shape index (κ2) is 9.73. The van der Waals surface area contributed by atoms with Crippen molar-refractivity contribution < 1.29 is 28.6 Å². The molecule has 0 amide bonds. The van der Waals surface area contributed by atoms with Gasteiger partial charge in [-0.2, -0.15) is 0 Å². The third-order valence-electron chi connectivity index (χ3n) is 6.06. The number of methoxy groups -OCH3 is 3. The predicted octanol–water partition coefficient (Wildman–Crippen LogP) is 4.56. The van der Waals surface area contributed by atoms with Crippen LogP contribution in [0.4, 0.5) is 5.69 Å². The minimum atomic E-state index is -0.753. The van der Waals surface area contributed by atoms with Crippen LogP contribution in [0.15, 0.2) is 70.9 Å². The number of rotatable bonds is 5. The van der Waals surface area contributed by atoms with Crippen LogP contribution < -0.4 is 9.64 Å². The van der Waals surface area contributed by atoms with Crippen LogP contribution in [0.3, 0.4) is 0 Å². The predicted molar refractivity (Wildman–Crippen MR) is 127 cm³/mol. The Labute approximate surface area is 202 Å². The number of hydrogen-bond acceptors (Lipinski definition) is 7. The third kappa shape index (κ3) is 4.07. The summed E-state index contributed by atoms with van der Waals surface area (Å²) in [7, 11) is 4.05. The first-order valence-corrected chi connectivity index (χ1v) is 11.1. The number of ether oxygens (including phenoxy) is 3. The highest BCUT2D eigenvalue weighted by Gasteiger charge is 2.45. The maximum Gasteiger partial charge on any atom is 0.339 e. The molecule has 176 valence electrons. The molecule has 1 aliphatic heterocycles. The fraction of sp³-hybridized carbons (Fsp3) is 0.269. The fourth-order valence-electron chi connectivity index (χ4n) is 4.55. The Morgan fingerprint density at radius 1 is 0.912 bits per heavy atom.